The maximum Gasteiger partial charge on any atom is 0.251 e. The Bertz CT molecular complexity index is 1360. The minimum Gasteiger partial charge on any atom is -0.497 e. The molecule has 2 amide bonds. The van der Waals surface area contributed by atoms with Gasteiger partial charge in [0, 0.05) is 10.6 Å². The number of aromatic nitrogens is 5. The number of ether oxygens (including phenoxy) is 1. The van der Waals surface area contributed by atoms with Crippen LogP contribution in [0.15, 0.2) is 53.7 Å². The molecule has 0 radical (unpaired) electrons. The average Bonchev–Trinajstić information content (AvgIpc) is 3.46. The van der Waals surface area contributed by atoms with Gasteiger partial charge in [-0.15, -0.1) is 20.4 Å². The van der Waals surface area contributed by atoms with E-state index in [-0.39, 0.29) is 24.1 Å². The maximum absolute atomic E-state index is 12.7. The molecule has 0 aliphatic carbocycles. The average molecular weight is 530 g/mol. The van der Waals surface area contributed by atoms with Crippen LogP contribution in [0.4, 0.5) is 5.13 Å². The number of carbonyl (C=O) groups excluding carboxylic acids is 2. The third-order valence-electron chi connectivity index (χ3n) is 4.61. The molecule has 10 nitrogen and oxygen atoms in total. The van der Waals surface area contributed by atoms with Gasteiger partial charge < -0.3 is 10.1 Å². The molecule has 13 heteroatoms. The fraction of sp³-hybridized carbons (Fsp3) is 0.182. The van der Waals surface area contributed by atoms with Crippen LogP contribution in [0.25, 0.3) is 5.69 Å². The lowest BCUT2D eigenvalue weighted by molar-refractivity contribution is -0.113. The number of nitrogens with zero attached hydrogens (tertiary/aromatic N) is 5. The number of methoxy groups -OCH3 is 1. The summed E-state index contributed by atoms with van der Waals surface area (Å²) >= 11 is 8.70. The standard InChI is InChI=1S/C22H20ClN7O3S2/c1-13-26-28-21(35-13)25-19(31)12-34-22-29-27-18(30(22)16-7-4-6-15(23)10-16)11-24-20(32)14-5-3-8-17(9-14)33-2/h3-10H,11-12H2,1-2H3,(H,24,32)(H,25,28,31). The van der Waals surface area contributed by atoms with E-state index < -0.39 is 0 Å². The van der Waals surface area contributed by atoms with Crippen LogP contribution >= 0.6 is 34.7 Å². The molecule has 2 heterocycles. The van der Waals surface area contributed by atoms with Crippen molar-refractivity contribution in [3.63, 3.8) is 0 Å². The molecular formula is C22H20ClN7O3S2. The van der Waals surface area contributed by atoms with Crippen molar-refractivity contribution in [3.8, 4) is 11.4 Å². The zero-order chi connectivity index (χ0) is 24.8. The highest BCUT2D eigenvalue weighted by Crippen LogP contribution is 2.25. The normalized spacial score (nSPS) is 10.7. The van der Waals surface area contributed by atoms with Crippen LogP contribution in [0.2, 0.25) is 5.02 Å². The maximum atomic E-state index is 12.7. The number of thioether (sulfide) groups is 1. The van der Waals surface area contributed by atoms with Crippen molar-refractivity contribution in [1.82, 2.24) is 30.3 Å². The van der Waals surface area contributed by atoms with E-state index in [1.165, 1.54) is 23.1 Å². The lowest BCUT2D eigenvalue weighted by Crippen LogP contribution is -2.24. The van der Waals surface area contributed by atoms with Crippen molar-refractivity contribution in [3.05, 3.63) is 69.9 Å². The van der Waals surface area contributed by atoms with Crippen molar-refractivity contribution in [2.75, 3.05) is 18.2 Å². The van der Waals surface area contributed by atoms with Gasteiger partial charge in [0.25, 0.3) is 5.91 Å². The minimum absolute atomic E-state index is 0.0769. The number of nitrogens with one attached hydrogen (secondary N) is 2. The first-order valence-electron chi connectivity index (χ1n) is 10.3. The van der Waals surface area contributed by atoms with Crippen LogP contribution in [-0.4, -0.2) is 49.6 Å². The van der Waals surface area contributed by atoms with Gasteiger partial charge in [0.15, 0.2) is 11.0 Å². The summed E-state index contributed by atoms with van der Waals surface area (Å²) in [5, 5.41) is 24.0. The molecule has 180 valence electrons. The van der Waals surface area contributed by atoms with Crippen LogP contribution < -0.4 is 15.4 Å². The van der Waals surface area contributed by atoms with E-state index in [9.17, 15) is 9.59 Å². The zero-order valence-corrected chi connectivity index (χ0v) is 21.1. The summed E-state index contributed by atoms with van der Waals surface area (Å²) in [7, 11) is 1.54. The molecule has 2 aromatic carbocycles. The van der Waals surface area contributed by atoms with E-state index in [4.69, 9.17) is 16.3 Å². The van der Waals surface area contributed by atoms with Crippen molar-refractivity contribution in [1.29, 1.82) is 0 Å². The summed E-state index contributed by atoms with van der Waals surface area (Å²) in [5.41, 5.74) is 1.16. The molecule has 4 rings (SSSR count). The Balaban J connectivity index is 1.51. The predicted molar refractivity (Wildman–Crippen MR) is 135 cm³/mol. The molecule has 0 aliphatic heterocycles. The molecule has 4 aromatic rings. The van der Waals surface area contributed by atoms with Crippen LogP contribution in [-0.2, 0) is 11.3 Å². The minimum atomic E-state index is -0.287. The second-order valence-corrected chi connectivity index (χ2v) is 9.65. The van der Waals surface area contributed by atoms with Crippen LogP contribution in [0, 0.1) is 6.92 Å². The van der Waals surface area contributed by atoms with Crippen LogP contribution in [0.1, 0.15) is 21.2 Å². The molecule has 0 saturated carbocycles. The highest BCUT2D eigenvalue weighted by Gasteiger charge is 2.18. The monoisotopic (exact) mass is 529 g/mol. The summed E-state index contributed by atoms with van der Waals surface area (Å²) in [6, 6.07) is 14.0. The molecule has 0 fully saturated rings. The summed E-state index contributed by atoms with van der Waals surface area (Å²) in [5.74, 6) is 0.602. The van der Waals surface area contributed by atoms with Gasteiger partial charge >= 0.3 is 0 Å². The highest BCUT2D eigenvalue weighted by atomic mass is 35.5. The van der Waals surface area contributed by atoms with Gasteiger partial charge in [0.1, 0.15) is 10.8 Å². The zero-order valence-electron chi connectivity index (χ0n) is 18.7. The number of aryl methyl sites for hydroxylation is 1. The van der Waals surface area contributed by atoms with Gasteiger partial charge in [-0.25, -0.2) is 0 Å². The number of carbonyl (C=O) groups is 2. The van der Waals surface area contributed by atoms with Gasteiger partial charge in [-0.1, -0.05) is 46.8 Å². The van der Waals surface area contributed by atoms with Crippen molar-refractivity contribution >= 4 is 51.6 Å². The first kappa shape index (κ1) is 24.6. The lowest BCUT2D eigenvalue weighted by Gasteiger charge is -2.11. The van der Waals surface area contributed by atoms with E-state index in [1.54, 1.807) is 54.1 Å². The number of halogens is 1. The number of rotatable bonds is 9. The number of hydrogen-bond donors (Lipinski definition) is 2. The summed E-state index contributed by atoms with van der Waals surface area (Å²) < 4.78 is 6.94. The molecule has 2 N–H and O–H groups in total. The Hall–Kier alpha value is -3.48. The molecule has 2 aromatic heterocycles. The molecule has 0 bridgehead atoms. The van der Waals surface area contributed by atoms with E-state index in [0.29, 0.717) is 38.1 Å². The van der Waals surface area contributed by atoms with E-state index >= 15 is 0 Å². The smallest absolute Gasteiger partial charge is 0.251 e. The number of anilines is 1. The van der Waals surface area contributed by atoms with E-state index in [2.05, 4.69) is 31.0 Å². The van der Waals surface area contributed by atoms with Gasteiger partial charge in [0.2, 0.25) is 11.0 Å². The second kappa shape index (κ2) is 11.3. The third-order valence-corrected chi connectivity index (χ3v) is 6.53. The molecular weight excluding hydrogens is 510 g/mol. The Morgan fingerprint density at radius 2 is 1.94 bits per heavy atom. The van der Waals surface area contributed by atoms with Gasteiger partial charge in [0.05, 0.1) is 25.1 Å². The first-order valence-corrected chi connectivity index (χ1v) is 12.5. The van der Waals surface area contributed by atoms with Gasteiger partial charge in [-0.2, -0.15) is 0 Å². The molecule has 35 heavy (non-hydrogen) atoms. The fourth-order valence-corrected chi connectivity index (χ4v) is 4.60. The molecule has 0 spiro atoms. The predicted octanol–water partition coefficient (Wildman–Crippen LogP) is 3.75. The topological polar surface area (TPSA) is 124 Å². The summed E-state index contributed by atoms with van der Waals surface area (Å²) in [4.78, 5) is 25.1. The summed E-state index contributed by atoms with van der Waals surface area (Å²) in [6.45, 7) is 1.91. The summed E-state index contributed by atoms with van der Waals surface area (Å²) in [6.07, 6.45) is 0. The Labute approximate surface area is 214 Å². The Kier molecular flexibility index (Phi) is 7.95. The fourth-order valence-electron chi connectivity index (χ4n) is 3.04. The molecule has 0 saturated heterocycles. The third kappa shape index (κ3) is 6.35. The van der Waals surface area contributed by atoms with E-state index in [1.807, 2.05) is 13.0 Å². The van der Waals surface area contributed by atoms with Gasteiger partial charge in [-0.05, 0) is 43.3 Å². The molecule has 0 unspecified atom stereocenters. The lowest BCUT2D eigenvalue weighted by atomic mass is 10.2. The van der Waals surface area contributed by atoms with Gasteiger partial charge in [-0.3, -0.25) is 19.5 Å². The number of hydrogen-bond acceptors (Lipinski definition) is 9. The van der Waals surface area contributed by atoms with Crippen molar-refractivity contribution in [2.24, 2.45) is 0 Å². The second-order valence-electron chi connectivity index (χ2n) is 7.09. The molecule has 0 aliphatic rings. The van der Waals surface area contributed by atoms with Crippen molar-refractivity contribution in [2.45, 2.75) is 18.6 Å². The van der Waals surface area contributed by atoms with Crippen molar-refractivity contribution < 1.29 is 14.3 Å². The SMILES string of the molecule is COc1cccc(C(=O)NCc2nnc(SCC(=O)Nc3nnc(C)s3)n2-c2cccc(Cl)c2)c1. The Morgan fingerprint density at radius 3 is 2.69 bits per heavy atom. The number of amides is 2. The Morgan fingerprint density at radius 1 is 1.11 bits per heavy atom. The highest BCUT2D eigenvalue weighted by molar-refractivity contribution is 7.99. The van der Waals surface area contributed by atoms with Crippen LogP contribution in [0.5, 0.6) is 5.75 Å². The largest absolute Gasteiger partial charge is 0.497 e. The van der Waals surface area contributed by atoms with E-state index in [0.717, 1.165) is 5.01 Å². The first-order chi connectivity index (χ1) is 16.9. The quantitative estimate of drug-likeness (QED) is 0.314. The molecule has 0 atom stereocenters. The van der Waals surface area contributed by atoms with Crippen LogP contribution in [0.3, 0.4) is 0 Å². The number of benzene rings is 2.